The van der Waals surface area contributed by atoms with Gasteiger partial charge in [-0.2, -0.15) is 0 Å². The summed E-state index contributed by atoms with van der Waals surface area (Å²) in [4.78, 5) is 10.5. The predicted octanol–water partition coefficient (Wildman–Crippen LogP) is 16.0. The summed E-state index contributed by atoms with van der Waals surface area (Å²) in [5.41, 5.74) is 13.2. The number of aromatic hydroxyl groups is 1. The van der Waals surface area contributed by atoms with Crippen LogP contribution in [0.2, 0.25) is 0 Å². The Morgan fingerprint density at radius 1 is 0.484 bits per heavy atom. The molecular formula is C60H57N3O. The molecule has 2 heterocycles. The highest BCUT2D eigenvalue weighted by Gasteiger charge is 2.29. The molecular weight excluding hydrogens is 779 g/mol. The van der Waals surface area contributed by atoms with E-state index in [0.29, 0.717) is 22.6 Å². The maximum Gasteiger partial charge on any atom is 0.149 e. The Morgan fingerprint density at radius 3 is 1.80 bits per heavy atom. The first-order chi connectivity index (χ1) is 32.6. The Balaban J connectivity index is 1.35. The number of phenols is 1. The van der Waals surface area contributed by atoms with E-state index in [1.165, 1.54) is 0 Å². The van der Waals surface area contributed by atoms with Crippen LogP contribution in [0.4, 0.5) is 0 Å². The highest BCUT2D eigenvalue weighted by molar-refractivity contribution is 5.98. The van der Waals surface area contributed by atoms with E-state index in [1.807, 2.05) is 12.1 Å². The van der Waals surface area contributed by atoms with Crippen molar-refractivity contribution in [1.82, 2.24) is 14.5 Å². The molecule has 0 unspecified atom stereocenters. The van der Waals surface area contributed by atoms with E-state index in [4.69, 9.17) is 16.8 Å². The number of benzene rings is 7. The molecule has 4 heteroatoms. The number of imidazole rings is 1. The molecule has 318 valence electrons. The number of pyridine rings is 1. The van der Waals surface area contributed by atoms with Crippen LogP contribution in [0.5, 0.6) is 5.75 Å². The number of fused-ring (bicyclic) bond motifs is 1. The number of hydrogen-bond donors (Lipinski definition) is 1. The first-order valence-corrected chi connectivity index (χ1v) is 22.0. The van der Waals surface area contributed by atoms with Gasteiger partial charge in [0.25, 0.3) is 0 Å². The minimum Gasteiger partial charge on any atom is -0.507 e. The fourth-order valence-corrected chi connectivity index (χ4v) is 8.46. The van der Waals surface area contributed by atoms with Crippen LogP contribution >= 0.6 is 0 Å². The van der Waals surface area contributed by atoms with Gasteiger partial charge in [0, 0.05) is 28.5 Å². The van der Waals surface area contributed by atoms with E-state index in [9.17, 15) is 5.11 Å². The summed E-state index contributed by atoms with van der Waals surface area (Å²) in [5.74, 6) is 0.800. The topological polar surface area (TPSA) is 50.9 Å². The highest BCUT2D eigenvalue weighted by atomic mass is 16.3. The molecule has 64 heavy (non-hydrogen) atoms. The molecule has 7 aromatic carbocycles. The van der Waals surface area contributed by atoms with Gasteiger partial charge in [-0.1, -0.05) is 184 Å². The summed E-state index contributed by atoms with van der Waals surface area (Å²) < 4.78 is 44.5. The second kappa shape index (κ2) is 16.3. The zero-order valence-corrected chi connectivity index (χ0v) is 38.1. The lowest BCUT2D eigenvalue weighted by atomic mass is 9.79. The van der Waals surface area contributed by atoms with Gasteiger partial charge in [0.2, 0.25) is 0 Å². The SMILES string of the molecule is [2H]c1c([2H])c([2H])c(-c2ccnc(-c3cc(-c4cccc5c4nc(-c4cc(C(C)(C)C)cc(C(C)(C)C)c4O)n5-c4ccc(-c5ccccc5)cc4-c4ccccc4)cc(C(C)(C)C)c3)c2)c([2H])c1[2H]. The van der Waals surface area contributed by atoms with Crippen LogP contribution in [0.15, 0.2) is 176 Å². The molecule has 1 N–H and O–H groups in total. The van der Waals surface area contributed by atoms with Crippen LogP contribution in [-0.2, 0) is 16.2 Å². The van der Waals surface area contributed by atoms with Gasteiger partial charge < -0.3 is 5.11 Å². The van der Waals surface area contributed by atoms with Crippen LogP contribution in [0, 0.1) is 0 Å². The second-order valence-electron chi connectivity index (χ2n) is 19.8. The summed E-state index contributed by atoms with van der Waals surface area (Å²) >= 11 is 0. The van der Waals surface area contributed by atoms with Gasteiger partial charge in [-0.05, 0) is 109 Å². The summed E-state index contributed by atoms with van der Waals surface area (Å²) in [5, 5.41) is 12.6. The molecule has 9 aromatic rings. The van der Waals surface area contributed by atoms with Gasteiger partial charge >= 0.3 is 0 Å². The van der Waals surface area contributed by atoms with Crippen molar-refractivity contribution in [3.8, 4) is 78.6 Å². The first-order valence-electron chi connectivity index (χ1n) is 24.5. The smallest absolute Gasteiger partial charge is 0.149 e. The summed E-state index contributed by atoms with van der Waals surface area (Å²) in [6.07, 6.45) is 1.63. The molecule has 0 saturated carbocycles. The van der Waals surface area contributed by atoms with E-state index in [1.54, 1.807) is 18.3 Å². The predicted molar refractivity (Wildman–Crippen MR) is 269 cm³/mol. The monoisotopic (exact) mass is 840 g/mol. The third-order valence-corrected chi connectivity index (χ3v) is 12.1. The third kappa shape index (κ3) is 8.17. The van der Waals surface area contributed by atoms with Crippen molar-refractivity contribution in [2.75, 3.05) is 0 Å². The minimum atomic E-state index is -0.433. The lowest BCUT2D eigenvalue weighted by Crippen LogP contribution is -2.17. The number of hydrogen-bond acceptors (Lipinski definition) is 3. The number of nitrogens with zero attached hydrogens (tertiary/aromatic N) is 3. The van der Waals surface area contributed by atoms with Crippen molar-refractivity contribution in [1.29, 1.82) is 0 Å². The molecule has 0 amide bonds. The largest absolute Gasteiger partial charge is 0.507 e. The highest BCUT2D eigenvalue weighted by Crippen LogP contribution is 2.46. The van der Waals surface area contributed by atoms with E-state index in [-0.39, 0.29) is 51.7 Å². The van der Waals surface area contributed by atoms with Gasteiger partial charge in [-0.3, -0.25) is 9.55 Å². The molecule has 0 fully saturated rings. The summed E-state index contributed by atoms with van der Waals surface area (Å²) in [6.45, 7) is 19.5. The van der Waals surface area contributed by atoms with Crippen LogP contribution in [0.1, 0.15) is 85.9 Å². The van der Waals surface area contributed by atoms with Gasteiger partial charge in [0.05, 0.1) is 34.8 Å². The normalized spacial score (nSPS) is 13.3. The molecule has 0 saturated heterocycles. The number of phenolic OH excluding ortho intramolecular Hbond substituents is 1. The average Bonchev–Trinajstić information content (AvgIpc) is 3.71. The standard InChI is InChI=1S/C60H57N3O/c1-58(2,3)46-33-44(32-45(34-46)52-36-43(30-31-61-52)40-22-15-11-16-23-40)48-26-19-27-54-55(48)62-57(50-37-47(59(4,5)6)38-51(56(50)64)60(7,8)9)63(54)53-29-28-42(39-20-13-10-14-21-39)35-49(53)41-24-17-12-18-25-41/h10-38,64H,1-9H3/i11D,15D,16D,22D,23D. The molecule has 0 radical (unpaired) electrons. The molecule has 0 atom stereocenters. The Kier molecular flexibility index (Phi) is 9.26. The number of para-hydroxylation sites is 1. The molecule has 4 nitrogen and oxygen atoms in total. The molecule has 2 aromatic heterocycles. The van der Waals surface area contributed by atoms with Crippen molar-refractivity contribution < 1.29 is 12.0 Å². The van der Waals surface area contributed by atoms with Gasteiger partial charge in [-0.25, -0.2) is 4.98 Å². The van der Waals surface area contributed by atoms with Crippen molar-refractivity contribution in [3.05, 3.63) is 193 Å². The fraction of sp³-hybridized carbons (Fsp3) is 0.200. The molecule has 9 rings (SSSR count). The fourth-order valence-electron chi connectivity index (χ4n) is 8.46. The van der Waals surface area contributed by atoms with Gasteiger partial charge in [-0.15, -0.1) is 0 Å². The Bertz CT molecular complexity index is 3420. The quantitative estimate of drug-likeness (QED) is 0.174. The van der Waals surface area contributed by atoms with Gasteiger partial charge in [0.15, 0.2) is 0 Å². The van der Waals surface area contributed by atoms with Crippen molar-refractivity contribution >= 4 is 11.0 Å². The average molecular weight is 841 g/mol. The molecule has 0 aliphatic rings. The van der Waals surface area contributed by atoms with Gasteiger partial charge in [0.1, 0.15) is 11.6 Å². The van der Waals surface area contributed by atoms with Crippen molar-refractivity contribution in [3.63, 3.8) is 0 Å². The van der Waals surface area contributed by atoms with Crippen molar-refractivity contribution in [2.24, 2.45) is 0 Å². The molecule has 0 spiro atoms. The van der Waals surface area contributed by atoms with Crippen LogP contribution in [0.3, 0.4) is 0 Å². The van der Waals surface area contributed by atoms with E-state index >= 15 is 0 Å². The zero-order chi connectivity index (χ0) is 49.3. The minimum absolute atomic E-state index is 0.125. The maximum absolute atomic E-state index is 12.6. The molecule has 0 bridgehead atoms. The zero-order valence-electron chi connectivity index (χ0n) is 43.1. The summed E-state index contributed by atoms with van der Waals surface area (Å²) in [6, 6.07) is 46.0. The summed E-state index contributed by atoms with van der Waals surface area (Å²) in [7, 11) is 0. The van der Waals surface area contributed by atoms with Crippen LogP contribution in [-0.4, -0.2) is 19.6 Å². The Hall–Kier alpha value is -7.04. The van der Waals surface area contributed by atoms with Crippen molar-refractivity contribution in [2.45, 2.75) is 78.6 Å². The molecule has 0 aliphatic carbocycles. The number of aromatic nitrogens is 3. The third-order valence-electron chi connectivity index (χ3n) is 12.1. The van der Waals surface area contributed by atoms with E-state index in [2.05, 4.69) is 182 Å². The number of rotatable bonds is 7. The lowest BCUT2D eigenvalue weighted by Gasteiger charge is -2.27. The Labute approximate surface area is 386 Å². The van der Waals surface area contributed by atoms with Crippen LogP contribution < -0.4 is 0 Å². The lowest BCUT2D eigenvalue weighted by molar-refractivity contribution is 0.446. The Morgan fingerprint density at radius 2 is 1.12 bits per heavy atom. The van der Waals surface area contributed by atoms with E-state index < -0.39 is 6.04 Å². The maximum atomic E-state index is 12.6. The molecule has 0 aliphatic heterocycles. The second-order valence-corrected chi connectivity index (χ2v) is 19.8. The van der Waals surface area contributed by atoms with E-state index in [0.717, 1.165) is 72.4 Å². The van der Waals surface area contributed by atoms with Crippen LogP contribution in [0.25, 0.3) is 83.9 Å². The first kappa shape index (κ1) is 36.4.